The van der Waals surface area contributed by atoms with Crippen molar-refractivity contribution < 1.29 is 9.53 Å². The monoisotopic (exact) mass is 369 g/mol. The van der Waals surface area contributed by atoms with E-state index in [-0.39, 0.29) is 29.9 Å². The second kappa shape index (κ2) is 7.82. The number of amides is 1. The second-order valence-electron chi connectivity index (χ2n) is 7.45. The third-order valence-corrected chi connectivity index (χ3v) is 4.82. The van der Waals surface area contributed by atoms with Crippen LogP contribution in [0.2, 0.25) is 0 Å². The summed E-state index contributed by atoms with van der Waals surface area (Å²) in [5, 5.41) is 11.1. The standard InChI is InChI=1S/C20H27N5O2/c1-11(2)23-20(26)27-14-8-7-13(9-14)15(21)10-16(22)19-24-17-6-4-5-12(3)18(17)25-19/h4-6,10-11,13-14,22H,7-9,21H2,1-3H3,(H,23,26)(H,24,25)/b15-10-,22-16?. The molecule has 0 spiro atoms. The molecule has 27 heavy (non-hydrogen) atoms. The summed E-state index contributed by atoms with van der Waals surface area (Å²) in [6, 6.07) is 5.95. The number of aromatic nitrogens is 2. The fourth-order valence-corrected chi connectivity index (χ4v) is 3.43. The van der Waals surface area contributed by atoms with E-state index in [0.29, 0.717) is 17.9 Å². The van der Waals surface area contributed by atoms with Crippen molar-refractivity contribution in [2.75, 3.05) is 0 Å². The van der Waals surface area contributed by atoms with E-state index < -0.39 is 0 Å². The van der Waals surface area contributed by atoms with Crippen LogP contribution in [0.5, 0.6) is 0 Å². The first-order chi connectivity index (χ1) is 12.8. The minimum atomic E-state index is -0.386. The van der Waals surface area contributed by atoms with Crippen LogP contribution in [0.1, 0.15) is 44.5 Å². The van der Waals surface area contributed by atoms with Gasteiger partial charge in [0.25, 0.3) is 0 Å². The fraction of sp³-hybridized carbons (Fsp3) is 0.450. The summed E-state index contributed by atoms with van der Waals surface area (Å²) in [6.07, 6.45) is 3.44. The number of benzene rings is 1. The van der Waals surface area contributed by atoms with E-state index in [4.69, 9.17) is 15.9 Å². The molecule has 1 aromatic carbocycles. The van der Waals surface area contributed by atoms with Gasteiger partial charge in [0.2, 0.25) is 0 Å². The number of ether oxygens (including phenoxy) is 1. The number of carbonyl (C=O) groups excluding carboxylic acids is 1. The molecule has 1 aliphatic carbocycles. The van der Waals surface area contributed by atoms with E-state index in [1.807, 2.05) is 39.0 Å². The van der Waals surface area contributed by atoms with Crippen molar-refractivity contribution >= 4 is 22.8 Å². The van der Waals surface area contributed by atoms with Crippen molar-refractivity contribution in [1.29, 1.82) is 5.41 Å². The molecule has 1 saturated carbocycles. The molecule has 144 valence electrons. The molecule has 0 radical (unpaired) electrons. The number of nitrogens with two attached hydrogens (primary N) is 1. The van der Waals surface area contributed by atoms with Gasteiger partial charge in [0.15, 0.2) is 5.82 Å². The Morgan fingerprint density at radius 1 is 1.44 bits per heavy atom. The van der Waals surface area contributed by atoms with Gasteiger partial charge in [0.1, 0.15) is 6.10 Å². The van der Waals surface area contributed by atoms with Gasteiger partial charge >= 0.3 is 6.09 Å². The lowest BCUT2D eigenvalue weighted by atomic mass is 10.0. The van der Waals surface area contributed by atoms with Crippen molar-refractivity contribution in [3.05, 3.63) is 41.4 Å². The largest absolute Gasteiger partial charge is 0.446 e. The van der Waals surface area contributed by atoms with Crippen LogP contribution in [-0.4, -0.2) is 33.9 Å². The normalized spacial score (nSPS) is 20.2. The molecule has 1 aliphatic rings. The minimum Gasteiger partial charge on any atom is -0.446 e. The number of nitrogens with one attached hydrogen (secondary N) is 3. The van der Waals surface area contributed by atoms with Crippen LogP contribution in [0.3, 0.4) is 0 Å². The van der Waals surface area contributed by atoms with Crippen LogP contribution < -0.4 is 11.1 Å². The fourth-order valence-electron chi connectivity index (χ4n) is 3.43. The first-order valence-corrected chi connectivity index (χ1v) is 9.32. The first-order valence-electron chi connectivity index (χ1n) is 9.32. The number of aromatic amines is 1. The first kappa shape index (κ1) is 18.9. The van der Waals surface area contributed by atoms with Crippen LogP contribution in [0.15, 0.2) is 30.0 Å². The molecule has 0 saturated heterocycles. The molecule has 2 unspecified atom stereocenters. The molecule has 0 bridgehead atoms. The van der Waals surface area contributed by atoms with E-state index >= 15 is 0 Å². The van der Waals surface area contributed by atoms with E-state index in [9.17, 15) is 4.79 Å². The smallest absolute Gasteiger partial charge is 0.407 e. The predicted molar refractivity (Wildman–Crippen MR) is 106 cm³/mol. The molecular weight excluding hydrogens is 342 g/mol. The zero-order valence-corrected chi connectivity index (χ0v) is 16.0. The van der Waals surface area contributed by atoms with Gasteiger partial charge in [0.05, 0.1) is 16.7 Å². The molecule has 0 aliphatic heterocycles. The summed E-state index contributed by atoms with van der Waals surface area (Å²) < 4.78 is 5.44. The van der Waals surface area contributed by atoms with E-state index in [1.165, 1.54) is 0 Å². The summed E-state index contributed by atoms with van der Waals surface area (Å²) in [5.74, 6) is 0.609. The topological polar surface area (TPSA) is 117 Å². The lowest BCUT2D eigenvalue weighted by molar-refractivity contribution is 0.0975. The molecule has 3 rings (SSSR count). The molecule has 1 aromatic heterocycles. The van der Waals surface area contributed by atoms with Crippen LogP contribution in [-0.2, 0) is 4.74 Å². The highest BCUT2D eigenvalue weighted by atomic mass is 16.6. The number of rotatable bonds is 5. The molecular formula is C20H27N5O2. The van der Waals surface area contributed by atoms with Crippen molar-refractivity contribution in [2.45, 2.75) is 52.2 Å². The predicted octanol–water partition coefficient (Wildman–Crippen LogP) is 3.39. The minimum absolute atomic E-state index is 0.0487. The number of allylic oxidation sites excluding steroid dienone is 2. The van der Waals surface area contributed by atoms with Gasteiger partial charge < -0.3 is 20.8 Å². The van der Waals surface area contributed by atoms with Crippen LogP contribution in [0.4, 0.5) is 4.79 Å². The van der Waals surface area contributed by atoms with Gasteiger partial charge in [0, 0.05) is 17.7 Å². The average Bonchev–Trinajstić information content (AvgIpc) is 3.21. The second-order valence-corrected chi connectivity index (χ2v) is 7.45. The third-order valence-electron chi connectivity index (χ3n) is 4.82. The summed E-state index contributed by atoms with van der Waals surface area (Å²) in [7, 11) is 0. The van der Waals surface area contributed by atoms with E-state index in [0.717, 1.165) is 29.4 Å². The number of H-pyrrole nitrogens is 1. The number of imidazole rings is 1. The molecule has 1 heterocycles. The van der Waals surface area contributed by atoms with Crippen molar-refractivity contribution in [1.82, 2.24) is 15.3 Å². The molecule has 7 nitrogen and oxygen atoms in total. The van der Waals surface area contributed by atoms with Gasteiger partial charge in [-0.05, 0) is 57.7 Å². The van der Waals surface area contributed by atoms with Crippen molar-refractivity contribution in [3.63, 3.8) is 0 Å². The Balaban J connectivity index is 1.63. The number of hydrogen-bond donors (Lipinski definition) is 4. The zero-order chi connectivity index (χ0) is 19.6. The number of aryl methyl sites for hydroxylation is 1. The van der Waals surface area contributed by atoms with Crippen LogP contribution in [0.25, 0.3) is 11.0 Å². The van der Waals surface area contributed by atoms with Gasteiger partial charge in [-0.25, -0.2) is 9.78 Å². The molecule has 1 fully saturated rings. The summed E-state index contributed by atoms with van der Waals surface area (Å²) >= 11 is 0. The number of carbonyl (C=O) groups is 1. The maximum absolute atomic E-state index is 11.7. The number of nitrogens with zero attached hydrogens (tertiary/aromatic N) is 1. The Morgan fingerprint density at radius 3 is 2.93 bits per heavy atom. The van der Waals surface area contributed by atoms with Crippen molar-refractivity contribution in [3.8, 4) is 0 Å². The maximum Gasteiger partial charge on any atom is 0.407 e. The Kier molecular flexibility index (Phi) is 5.48. The van der Waals surface area contributed by atoms with E-state index in [1.54, 1.807) is 6.08 Å². The average molecular weight is 369 g/mol. The lowest BCUT2D eigenvalue weighted by Crippen LogP contribution is -2.33. The summed E-state index contributed by atoms with van der Waals surface area (Å²) in [6.45, 7) is 5.78. The highest BCUT2D eigenvalue weighted by molar-refractivity contribution is 6.06. The Bertz CT molecular complexity index is 884. The van der Waals surface area contributed by atoms with Gasteiger partial charge in [-0.1, -0.05) is 12.1 Å². The molecule has 2 aromatic rings. The third kappa shape index (κ3) is 4.48. The molecule has 1 amide bonds. The van der Waals surface area contributed by atoms with E-state index in [2.05, 4.69) is 15.3 Å². The Labute approximate surface area is 158 Å². The highest BCUT2D eigenvalue weighted by Crippen LogP contribution is 2.31. The van der Waals surface area contributed by atoms with Gasteiger partial charge in [-0.3, -0.25) is 5.41 Å². The van der Waals surface area contributed by atoms with Crippen LogP contribution >= 0.6 is 0 Å². The SMILES string of the molecule is Cc1cccc2[nH]c(C(=N)/C=C(\N)C3CCC(OC(=O)NC(C)C)C3)nc12. The quantitative estimate of drug-likeness (QED) is 0.604. The molecule has 7 heteroatoms. The number of alkyl carbamates (subject to hydrolysis) is 1. The Morgan fingerprint density at radius 2 is 2.22 bits per heavy atom. The van der Waals surface area contributed by atoms with Crippen molar-refractivity contribution in [2.24, 2.45) is 11.7 Å². The Hall–Kier alpha value is -2.83. The number of fused-ring (bicyclic) bond motifs is 1. The number of hydrogen-bond acceptors (Lipinski definition) is 5. The lowest BCUT2D eigenvalue weighted by Gasteiger charge is -2.15. The van der Waals surface area contributed by atoms with Crippen LogP contribution in [0, 0.1) is 18.3 Å². The van der Waals surface area contributed by atoms with Gasteiger partial charge in [-0.15, -0.1) is 0 Å². The number of para-hydroxylation sites is 1. The zero-order valence-electron chi connectivity index (χ0n) is 16.0. The van der Waals surface area contributed by atoms with Gasteiger partial charge in [-0.2, -0.15) is 0 Å². The summed E-state index contributed by atoms with van der Waals surface area (Å²) in [4.78, 5) is 19.4. The molecule has 2 atom stereocenters. The maximum atomic E-state index is 11.7. The molecule has 5 N–H and O–H groups in total. The summed E-state index contributed by atoms with van der Waals surface area (Å²) in [5.41, 5.74) is 9.97. The highest BCUT2D eigenvalue weighted by Gasteiger charge is 2.29.